The monoisotopic (exact) mass is 349 g/mol. The molecule has 3 rings (SSSR count). The first-order chi connectivity index (χ1) is 11.1. The normalized spacial score (nSPS) is 14.6. The Morgan fingerprint density at radius 1 is 1.04 bits per heavy atom. The fraction of sp³-hybridized carbons (Fsp3) is 0.294. The molecule has 0 aliphatic carbocycles. The van der Waals surface area contributed by atoms with E-state index in [1.807, 2.05) is 4.90 Å². The Kier molecular flexibility index (Phi) is 5.03. The Bertz CT molecular complexity index is 694. The lowest BCUT2D eigenvalue weighted by atomic mass is 10.1. The second-order valence-electron chi connectivity index (χ2n) is 5.57. The predicted octanol–water partition coefficient (Wildman–Crippen LogP) is 4.76. The van der Waals surface area contributed by atoms with Crippen LogP contribution in [0.25, 0.3) is 0 Å². The van der Waals surface area contributed by atoms with Gasteiger partial charge in [0.25, 0.3) is 5.91 Å². The van der Waals surface area contributed by atoms with Gasteiger partial charge in [0.15, 0.2) is 0 Å². The minimum absolute atomic E-state index is 0.0549. The zero-order valence-electron chi connectivity index (χ0n) is 12.6. The molecule has 1 amide bonds. The van der Waals surface area contributed by atoms with Crippen LogP contribution in [0.3, 0.4) is 0 Å². The highest BCUT2D eigenvalue weighted by molar-refractivity contribution is 6.35. The van der Waals surface area contributed by atoms with Crippen LogP contribution in [0.1, 0.15) is 29.6 Å². The Labute approximate surface area is 145 Å². The first-order valence-corrected chi connectivity index (χ1v) is 8.36. The van der Waals surface area contributed by atoms with Crippen molar-refractivity contribution in [2.45, 2.75) is 19.3 Å². The van der Waals surface area contributed by atoms with E-state index in [1.165, 1.54) is 6.42 Å². The summed E-state index contributed by atoms with van der Waals surface area (Å²) in [5, 5.41) is 4.22. The second kappa shape index (κ2) is 7.20. The maximum atomic E-state index is 12.5. The molecule has 1 aromatic heterocycles. The van der Waals surface area contributed by atoms with Gasteiger partial charge in [0, 0.05) is 40.6 Å². The van der Waals surface area contributed by atoms with E-state index in [0.29, 0.717) is 21.4 Å². The molecule has 2 aromatic rings. The molecular formula is C17H17Cl2N3O. The molecule has 4 nitrogen and oxygen atoms in total. The van der Waals surface area contributed by atoms with E-state index >= 15 is 0 Å². The van der Waals surface area contributed by atoms with Crippen LogP contribution in [0.4, 0.5) is 11.5 Å². The number of hydrogen-bond acceptors (Lipinski definition) is 3. The van der Waals surface area contributed by atoms with Gasteiger partial charge in [-0.15, -0.1) is 0 Å². The van der Waals surface area contributed by atoms with Gasteiger partial charge in [-0.2, -0.15) is 0 Å². The van der Waals surface area contributed by atoms with E-state index < -0.39 is 0 Å². The van der Waals surface area contributed by atoms with Gasteiger partial charge < -0.3 is 10.2 Å². The lowest BCUT2D eigenvalue weighted by Crippen LogP contribution is -2.35. The lowest BCUT2D eigenvalue weighted by Gasteiger charge is -2.26. The maximum Gasteiger partial charge on any atom is 0.254 e. The van der Waals surface area contributed by atoms with Crippen molar-refractivity contribution >= 4 is 40.6 Å². The number of carbonyl (C=O) groups excluding carboxylic acids is 1. The standard InChI is InChI=1S/C17H17Cl2N3O/c18-13-9-14(19)11-15(10-13)21-16-8-12(4-5-20-16)17(23)22-6-2-1-3-7-22/h4-5,8-11H,1-3,6-7H2,(H,20,21). The van der Waals surface area contributed by atoms with Crippen LogP contribution >= 0.6 is 23.2 Å². The summed E-state index contributed by atoms with van der Waals surface area (Å²) in [6, 6.07) is 8.68. The van der Waals surface area contributed by atoms with Gasteiger partial charge in [-0.3, -0.25) is 4.79 Å². The summed E-state index contributed by atoms with van der Waals surface area (Å²) in [4.78, 5) is 18.7. The molecule has 1 aromatic carbocycles. The van der Waals surface area contributed by atoms with Gasteiger partial charge >= 0.3 is 0 Å². The average Bonchev–Trinajstić information content (AvgIpc) is 2.54. The van der Waals surface area contributed by atoms with E-state index in [1.54, 1.807) is 36.5 Å². The molecule has 1 N–H and O–H groups in total. The number of carbonyl (C=O) groups is 1. The zero-order valence-corrected chi connectivity index (χ0v) is 14.1. The third-order valence-corrected chi connectivity index (χ3v) is 4.22. The largest absolute Gasteiger partial charge is 0.340 e. The zero-order chi connectivity index (χ0) is 16.2. The number of anilines is 2. The number of benzene rings is 1. The summed E-state index contributed by atoms with van der Waals surface area (Å²) >= 11 is 12.0. The van der Waals surface area contributed by atoms with Crippen LogP contribution in [-0.4, -0.2) is 28.9 Å². The maximum absolute atomic E-state index is 12.5. The molecule has 1 saturated heterocycles. The number of nitrogens with one attached hydrogen (secondary N) is 1. The quantitative estimate of drug-likeness (QED) is 0.868. The van der Waals surface area contributed by atoms with Gasteiger partial charge in [0.05, 0.1) is 0 Å². The molecule has 0 atom stereocenters. The fourth-order valence-electron chi connectivity index (χ4n) is 2.69. The molecule has 0 saturated carbocycles. The molecular weight excluding hydrogens is 333 g/mol. The minimum atomic E-state index is 0.0549. The summed E-state index contributed by atoms with van der Waals surface area (Å²) in [5.41, 5.74) is 1.37. The van der Waals surface area contributed by atoms with Crippen molar-refractivity contribution in [1.82, 2.24) is 9.88 Å². The highest BCUT2D eigenvalue weighted by atomic mass is 35.5. The minimum Gasteiger partial charge on any atom is -0.340 e. The first-order valence-electron chi connectivity index (χ1n) is 7.60. The van der Waals surface area contributed by atoms with Crippen LogP contribution in [0.5, 0.6) is 0 Å². The molecule has 1 aliphatic rings. The number of nitrogens with zero attached hydrogens (tertiary/aromatic N) is 2. The smallest absolute Gasteiger partial charge is 0.254 e. The van der Waals surface area contributed by atoms with Crippen molar-refractivity contribution < 1.29 is 4.79 Å². The SMILES string of the molecule is O=C(c1ccnc(Nc2cc(Cl)cc(Cl)c2)c1)N1CCCCC1. The number of pyridine rings is 1. The van der Waals surface area contributed by atoms with E-state index in [2.05, 4.69) is 10.3 Å². The number of piperidine rings is 1. The lowest BCUT2D eigenvalue weighted by molar-refractivity contribution is 0.0724. The third-order valence-electron chi connectivity index (χ3n) is 3.79. The van der Waals surface area contributed by atoms with Crippen molar-refractivity contribution in [2.75, 3.05) is 18.4 Å². The Morgan fingerprint density at radius 2 is 1.74 bits per heavy atom. The molecule has 0 radical (unpaired) electrons. The van der Waals surface area contributed by atoms with Crippen molar-refractivity contribution in [3.63, 3.8) is 0 Å². The second-order valence-corrected chi connectivity index (χ2v) is 6.44. The van der Waals surface area contributed by atoms with Gasteiger partial charge in [-0.25, -0.2) is 4.98 Å². The highest BCUT2D eigenvalue weighted by Crippen LogP contribution is 2.25. The number of halogens is 2. The van der Waals surface area contributed by atoms with Crippen LogP contribution in [0.2, 0.25) is 10.0 Å². The number of rotatable bonds is 3. The Balaban J connectivity index is 1.77. The number of hydrogen-bond donors (Lipinski definition) is 1. The summed E-state index contributed by atoms with van der Waals surface area (Å²) in [6.45, 7) is 1.65. The van der Waals surface area contributed by atoms with Crippen LogP contribution < -0.4 is 5.32 Å². The molecule has 120 valence electrons. The molecule has 2 heterocycles. The molecule has 23 heavy (non-hydrogen) atoms. The van der Waals surface area contributed by atoms with E-state index in [9.17, 15) is 4.79 Å². The summed E-state index contributed by atoms with van der Waals surface area (Å²) in [6.07, 6.45) is 4.97. The molecule has 1 fully saturated rings. The average molecular weight is 350 g/mol. The van der Waals surface area contributed by atoms with Crippen LogP contribution in [0.15, 0.2) is 36.5 Å². The van der Waals surface area contributed by atoms with E-state index in [-0.39, 0.29) is 5.91 Å². The highest BCUT2D eigenvalue weighted by Gasteiger charge is 2.18. The fourth-order valence-corrected chi connectivity index (χ4v) is 3.21. The molecule has 0 unspecified atom stereocenters. The number of aromatic nitrogens is 1. The summed E-state index contributed by atoms with van der Waals surface area (Å²) in [7, 11) is 0. The van der Waals surface area contributed by atoms with Crippen LogP contribution in [-0.2, 0) is 0 Å². The van der Waals surface area contributed by atoms with Crippen molar-refractivity contribution in [3.8, 4) is 0 Å². The van der Waals surface area contributed by atoms with Gasteiger partial charge in [0.1, 0.15) is 5.82 Å². The van der Waals surface area contributed by atoms with Crippen molar-refractivity contribution in [3.05, 3.63) is 52.1 Å². The molecule has 1 aliphatic heterocycles. The summed E-state index contributed by atoms with van der Waals surface area (Å²) < 4.78 is 0. The van der Waals surface area contributed by atoms with Gasteiger partial charge in [-0.1, -0.05) is 23.2 Å². The number of amides is 1. The van der Waals surface area contributed by atoms with E-state index in [0.717, 1.165) is 31.6 Å². The van der Waals surface area contributed by atoms with Gasteiger partial charge in [0.2, 0.25) is 0 Å². The predicted molar refractivity (Wildman–Crippen MR) is 93.7 cm³/mol. The Hall–Kier alpha value is -1.78. The Morgan fingerprint density at radius 3 is 2.43 bits per heavy atom. The first kappa shape index (κ1) is 16.1. The van der Waals surface area contributed by atoms with E-state index in [4.69, 9.17) is 23.2 Å². The van der Waals surface area contributed by atoms with Crippen molar-refractivity contribution in [1.29, 1.82) is 0 Å². The summed E-state index contributed by atoms with van der Waals surface area (Å²) in [5.74, 6) is 0.644. The van der Waals surface area contributed by atoms with Gasteiger partial charge in [-0.05, 0) is 49.6 Å². The molecule has 0 bridgehead atoms. The van der Waals surface area contributed by atoms with Crippen LogP contribution in [0, 0.1) is 0 Å². The number of likely N-dealkylation sites (tertiary alicyclic amines) is 1. The van der Waals surface area contributed by atoms with Crippen molar-refractivity contribution in [2.24, 2.45) is 0 Å². The molecule has 6 heteroatoms. The third kappa shape index (κ3) is 4.15. The molecule has 0 spiro atoms. The topological polar surface area (TPSA) is 45.2 Å².